The van der Waals surface area contributed by atoms with Crippen molar-refractivity contribution in [1.82, 2.24) is 4.98 Å². The number of ether oxygens (including phenoxy) is 1. The summed E-state index contributed by atoms with van der Waals surface area (Å²) in [5.74, 6) is -2.21. The van der Waals surface area contributed by atoms with Crippen LogP contribution in [-0.2, 0) is 0 Å². The zero-order valence-electron chi connectivity index (χ0n) is 14.4. The number of alkyl halides is 3. The highest BCUT2D eigenvalue weighted by atomic mass is 19.4. The summed E-state index contributed by atoms with van der Waals surface area (Å²) in [7, 11) is 0. The fourth-order valence-corrected chi connectivity index (χ4v) is 3.04. The number of aromatic nitrogens is 1. The molecule has 0 spiro atoms. The fourth-order valence-electron chi connectivity index (χ4n) is 3.04. The molecule has 148 valence electrons. The largest absolute Gasteiger partial charge is 0.573 e. The number of halogens is 5. The van der Waals surface area contributed by atoms with Crippen molar-refractivity contribution in [2.75, 3.05) is 5.32 Å². The fraction of sp³-hybridized carbons (Fsp3) is 0.0500. The molecule has 0 saturated heterocycles. The van der Waals surface area contributed by atoms with Gasteiger partial charge in [0.25, 0.3) is 0 Å². The first-order valence-corrected chi connectivity index (χ1v) is 8.27. The second-order valence-electron chi connectivity index (χ2n) is 6.23. The first-order chi connectivity index (χ1) is 13.7. The molecule has 0 unspecified atom stereocenters. The highest BCUT2D eigenvalue weighted by Crippen LogP contribution is 2.28. The van der Waals surface area contributed by atoms with E-state index in [2.05, 4.69) is 15.0 Å². The summed E-state index contributed by atoms with van der Waals surface area (Å²) in [6.45, 7) is 0. The molecule has 1 heterocycles. The third kappa shape index (κ3) is 3.84. The molecule has 0 aliphatic carbocycles. The van der Waals surface area contributed by atoms with Gasteiger partial charge in [-0.15, -0.1) is 13.2 Å². The van der Waals surface area contributed by atoms with Gasteiger partial charge in [-0.25, -0.2) is 8.78 Å². The standard InChI is InChI=1S/C20H11F5N2O2/c21-10-6-15(22)18-17(7-10)27-16-5-4-12(9-14(16)19(18)28)26-11-2-1-3-13(8-11)29-20(23,24)25/h1-9,26H,(H,27,28). The monoisotopic (exact) mass is 406 g/mol. The average Bonchev–Trinajstić information content (AvgIpc) is 2.60. The number of hydrogen-bond acceptors (Lipinski definition) is 3. The van der Waals surface area contributed by atoms with E-state index in [-0.39, 0.29) is 22.0 Å². The van der Waals surface area contributed by atoms with Crippen molar-refractivity contribution in [2.24, 2.45) is 0 Å². The van der Waals surface area contributed by atoms with Gasteiger partial charge in [-0.3, -0.25) is 4.79 Å². The quantitative estimate of drug-likeness (QED) is 0.344. The number of aromatic amines is 1. The topological polar surface area (TPSA) is 54.1 Å². The molecule has 0 bridgehead atoms. The highest BCUT2D eigenvalue weighted by Gasteiger charge is 2.31. The van der Waals surface area contributed by atoms with Gasteiger partial charge in [0.2, 0.25) is 0 Å². The minimum atomic E-state index is -4.82. The predicted octanol–water partition coefficient (Wildman–Crippen LogP) is 5.60. The van der Waals surface area contributed by atoms with Gasteiger partial charge in [0.1, 0.15) is 17.4 Å². The van der Waals surface area contributed by atoms with E-state index in [4.69, 9.17) is 0 Å². The normalized spacial score (nSPS) is 11.8. The SMILES string of the molecule is O=c1c2cc(Nc3cccc(OC(F)(F)F)c3)ccc2[nH]c2cc(F)cc(F)c12. The third-order valence-electron chi connectivity index (χ3n) is 4.17. The minimum absolute atomic E-state index is 0.0257. The van der Waals surface area contributed by atoms with Crippen molar-refractivity contribution >= 4 is 33.2 Å². The van der Waals surface area contributed by atoms with Gasteiger partial charge in [-0.2, -0.15) is 0 Å². The number of fused-ring (bicyclic) bond motifs is 2. The lowest BCUT2D eigenvalue weighted by molar-refractivity contribution is -0.274. The Hall–Kier alpha value is -3.62. The van der Waals surface area contributed by atoms with E-state index in [1.54, 1.807) is 6.07 Å². The molecule has 0 amide bonds. The number of nitrogens with one attached hydrogen (secondary N) is 2. The van der Waals surface area contributed by atoms with Crippen LogP contribution in [0.5, 0.6) is 5.75 Å². The van der Waals surface area contributed by atoms with Crippen molar-refractivity contribution in [3.05, 3.63) is 76.5 Å². The van der Waals surface area contributed by atoms with Gasteiger partial charge in [0.15, 0.2) is 5.43 Å². The Kier molecular flexibility index (Phi) is 4.37. The van der Waals surface area contributed by atoms with Crippen molar-refractivity contribution in [3.8, 4) is 5.75 Å². The molecule has 3 aromatic carbocycles. The van der Waals surface area contributed by atoms with Gasteiger partial charge in [-0.05, 0) is 36.4 Å². The van der Waals surface area contributed by atoms with Gasteiger partial charge in [0, 0.05) is 34.4 Å². The van der Waals surface area contributed by atoms with E-state index >= 15 is 0 Å². The lowest BCUT2D eigenvalue weighted by atomic mass is 10.1. The van der Waals surface area contributed by atoms with E-state index in [9.17, 15) is 26.7 Å². The lowest BCUT2D eigenvalue weighted by Crippen LogP contribution is -2.17. The van der Waals surface area contributed by atoms with Crippen molar-refractivity contribution in [1.29, 1.82) is 0 Å². The minimum Gasteiger partial charge on any atom is -0.406 e. The van der Waals surface area contributed by atoms with Gasteiger partial charge >= 0.3 is 6.36 Å². The zero-order valence-corrected chi connectivity index (χ0v) is 14.4. The van der Waals surface area contributed by atoms with Crippen LogP contribution in [0.2, 0.25) is 0 Å². The highest BCUT2D eigenvalue weighted by molar-refractivity contribution is 5.94. The molecule has 0 aliphatic heterocycles. The predicted molar refractivity (Wildman–Crippen MR) is 98.4 cm³/mol. The summed E-state index contributed by atoms with van der Waals surface area (Å²) in [6.07, 6.45) is -4.82. The molecule has 0 fully saturated rings. The molecule has 1 aromatic heterocycles. The van der Waals surface area contributed by atoms with E-state index < -0.39 is 29.2 Å². The van der Waals surface area contributed by atoms with Crippen LogP contribution in [0.4, 0.5) is 33.3 Å². The second kappa shape index (κ2) is 6.77. The van der Waals surface area contributed by atoms with E-state index in [1.807, 2.05) is 0 Å². The maximum absolute atomic E-state index is 14.1. The van der Waals surface area contributed by atoms with Crippen LogP contribution in [0.3, 0.4) is 0 Å². The van der Waals surface area contributed by atoms with E-state index in [0.29, 0.717) is 17.3 Å². The molecule has 4 nitrogen and oxygen atoms in total. The molecule has 0 radical (unpaired) electrons. The Morgan fingerprint density at radius 2 is 1.66 bits per heavy atom. The summed E-state index contributed by atoms with van der Waals surface area (Å²) in [4.78, 5) is 15.5. The molecule has 2 N–H and O–H groups in total. The molecule has 4 aromatic rings. The molecule has 29 heavy (non-hydrogen) atoms. The van der Waals surface area contributed by atoms with Crippen LogP contribution < -0.4 is 15.5 Å². The van der Waals surface area contributed by atoms with Crippen molar-refractivity contribution < 1.29 is 26.7 Å². The summed E-state index contributed by atoms with van der Waals surface area (Å²) in [6, 6.07) is 11.3. The Balaban J connectivity index is 1.75. The zero-order chi connectivity index (χ0) is 20.8. The Morgan fingerprint density at radius 3 is 2.41 bits per heavy atom. The van der Waals surface area contributed by atoms with Gasteiger partial charge in [0.05, 0.1) is 10.9 Å². The number of hydrogen-bond donors (Lipinski definition) is 2. The first-order valence-electron chi connectivity index (χ1n) is 8.27. The van der Waals surface area contributed by atoms with Crippen LogP contribution in [-0.4, -0.2) is 11.3 Å². The Labute approximate surface area is 159 Å². The maximum atomic E-state index is 14.1. The number of benzene rings is 3. The Bertz CT molecular complexity index is 1300. The van der Waals surface area contributed by atoms with Crippen LogP contribution in [0.25, 0.3) is 21.8 Å². The first kappa shape index (κ1) is 18.7. The van der Waals surface area contributed by atoms with Gasteiger partial charge in [-0.1, -0.05) is 6.07 Å². The number of anilines is 2. The Morgan fingerprint density at radius 1 is 0.897 bits per heavy atom. The van der Waals surface area contributed by atoms with Gasteiger partial charge < -0.3 is 15.0 Å². The average molecular weight is 406 g/mol. The molecule has 9 heteroatoms. The summed E-state index contributed by atoms with van der Waals surface area (Å²) in [5, 5.41) is 2.72. The van der Waals surface area contributed by atoms with Crippen molar-refractivity contribution in [2.45, 2.75) is 6.36 Å². The molecule has 0 saturated carbocycles. The molecule has 0 atom stereocenters. The summed E-state index contributed by atoms with van der Waals surface area (Å²) >= 11 is 0. The van der Waals surface area contributed by atoms with Crippen LogP contribution in [0.1, 0.15) is 0 Å². The third-order valence-corrected chi connectivity index (χ3v) is 4.17. The summed E-state index contributed by atoms with van der Waals surface area (Å²) < 4.78 is 68.5. The molecular formula is C20H11F5N2O2. The van der Waals surface area contributed by atoms with E-state index in [1.165, 1.54) is 24.3 Å². The number of H-pyrrole nitrogens is 1. The molecule has 4 rings (SSSR count). The second-order valence-corrected chi connectivity index (χ2v) is 6.23. The van der Waals surface area contributed by atoms with Crippen LogP contribution in [0.15, 0.2) is 59.4 Å². The van der Waals surface area contributed by atoms with Crippen LogP contribution in [0, 0.1) is 11.6 Å². The lowest BCUT2D eigenvalue weighted by Gasteiger charge is -2.12. The summed E-state index contributed by atoms with van der Waals surface area (Å²) in [5.41, 5.74) is 0.416. The van der Waals surface area contributed by atoms with Crippen LogP contribution >= 0.6 is 0 Å². The maximum Gasteiger partial charge on any atom is 0.573 e. The molecule has 0 aliphatic rings. The molecular weight excluding hydrogens is 395 g/mol. The van der Waals surface area contributed by atoms with E-state index in [0.717, 1.165) is 18.2 Å². The number of rotatable bonds is 3. The smallest absolute Gasteiger partial charge is 0.406 e. The van der Waals surface area contributed by atoms with Crippen molar-refractivity contribution in [3.63, 3.8) is 0 Å². The number of pyridine rings is 1.